The first-order valence-corrected chi connectivity index (χ1v) is 4.93. The van der Waals surface area contributed by atoms with Crippen LogP contribution in [-0.2, 0) is 6.54 Å². The first-order valence-electron chi connectivity index (χ1n) is 4.16. The van der Waals surface area contributed by atoms with Crippen LogP contribution < -0.4 is 11.3 Å². The second-order valence-corrected chi connectivity index (χ2v) is 3.58. The molecular weight excluding hydrogens is 234 g/mol. The predicted molar refractivity (Wildman–Crippen MR) is 55.7 cm³/mol. The van der Waals surface area contributed by atoms with E-state index in [0.717, 1.165) is 11.5 Å². The number of nitrogens with two attached hydrogens (primary N) is 1. The van der Waals surface area contributed by atoms with E-state index in [9.17, 15) is 10.1 Å². The maximum Gasteiger partial charge on any atom is 0.389 e. The summed E-state index contributed by atoms with van der Waals surface area (Å²) in [5.74, 6) is 5.04. The molecule has 0 aliphatic rings. The Hall–Kier alpha value is -2.07. The van der Waals surface area contributed by atoms with Gasteiger partial charge in [-0.25, -0.2) is 5.84 Å². The number of hydrogen-bond acceptors (Lipinski definition) is 8. The summed E-state index contributed by atoms with van der Waals surface area (Å²) < 4.78 is 5.10. The highest BCUT2D eigenvalue weighted by Gasteiger charge is 2.14. The number of aromatic nitrogens is 4. The van der Waals surface area contributed by atoms with Gasteiger partial charge in [0.25, 0.3) is 0 Å². The van der Waals surface area contributed by atoms with Crippen LogP contribution in [0.5, 0.6) is 0 Å². The van der Waals surface area contributed by atoms with Crippen LogP contribution in [0.25, 0.3) is 0 Å². The molecule has 0 aliphatic heterocycles. The van der Waals surface area contributed by atoms with Crippen LogP contribution in [-0.4, -0.2) is 24.3 Å². The third-order valence-corrected chi connectivity index (χ3v) is 2.51. The largest absolute Gasteiger partial charge is 0.389 e. The molecule has 0 bridgehead atoms. The molecule has 0 fully saturated rings. The molecule has 16 heavy (non-hydrogen) atoms. The lowest BCUT2D eigenvalue weighted by Crippen LogP contribution is -2.09. The van der Waals surface area contributed by atoms with Gasteiger partial charge in [0.1, 0.15) is 17.2 Å². The molecule has 0 radical (unpaired) electrons. The fraction of sp³-hybridized carbons (Fsp3) is 0.167. The van der Waals surface area contributed by atoms with Crippen molar-refractivity contribution in [3.8, 4) is 0 Å². The molecule has 2 aromatic rings. The fourth-order valence-corrected chi connectivity index (χ4v) is 1.60. The van der Waals surface area contributed by atoms with E-state index in [1.807, 2.05) is 0 Å². The molecule has 0 saturated carbocycles. The van der Waals surface area contributed by atoms with Crippen molar-refractivity contribution in [2.75, 3.05) is 5.43 Å². The zero-order valence-electron chi connectivity index (χ0n) is 7.90. The second kappa shape index (κ2) is 4.20. The molecule has 2 aromatic heterocycles. The summed E-state index contributed by atoms with van der Waals surface area (Å²) in [6.45, 7) is 0.282. The number of nitrogen functional groups attached to an aromatic ring is 1. The highest BCUT2D eigenvalue weighted by Crippen LogP contribution is 2.17. The monoisotopic (exact) mass is 241 g/mol. The minimum Gasteiger partial charge on any atom is -0.358 e. The summed E-state index contributed by atoms with van der Waals surface area (Å²) in [4.78, 5) is 9.85. The van der Waals surface area contributed by atoms with Crippen LogP contribution in [0.2, 0.25) is 0 Å². The molecular formula is C6H7N7O2S. The van der Waals surface area contributed by atoms with E-state index in [-0.39, 0.29) is 12.4 Å². The summed E-state index contributed by atoms with van der Waals surface area (Å²) in [5, 5.41) is 18.6. The van der Waals surface area contributed by atoms with Gasteiger partial charge >= 0.3 is 5.82 Å². The Bertz CT molecular complexity index is 506. The Morgan fingerprint density at radius 3 is 3.12 bits per heavy atom. The predicted octanol–water partition coefficient (Wildman–Crippen LogP) is -0.0233. The van der Waals surface area contributed by atoms with E-state index < -0.39 is 4.92 Å². The zero-order valence-corrected chi connectivity index (χ0v) is 8.72. The Morgan fingerprint density at radius 2 is 2.50 bits per heavy atom. The lowest BCUT2D eigenvalue weighted by Gasteiger charge is -1.96. The van der Waals surface area contributed by atoms with E-state index in [1.165, 1.54) is 16.9 Å². The Balaban J connectivity index is 2.17. The van der Waals surface area contributed by atoms with E-state index in [0.29, 0.717) is 10.7 Å². The van der Waals surface area contributed by atoms with Crippen molar-refractivity contribution in [3.05, 3.63) is 28.1 Å². The van der Waals surface area contributed by atoms with E-state index in [4.69, 9.17) is 5.84 Å². The average molecular weight is 241 g/mol. The maximum atomic E-state index is 10.4. The molecule has 10 heteroatoms. The van der Waals surface area contributed by atoms with Crippen LogP contribution in [0.15, 0.2) is 12.3 Å². The van der Waals surface area contributed by atoms with Crippen molar-refractivity contribution < 1.29 is 4.92 Å². The number of rotatable bonds is 4. The van der Waals surface area contributed by atoms with Gasteiger partial charge in [-0.15, -0.1) is 5.10 Å². The summed E-state index contributed by atoms with van der Waals surface area (Å²) >= 11 is 1.11. The molecule has 0 saturated heterocycles. The second-order valence-electron chi connectivity index (χ2n) is 2.82. The third-order valence-electron chi connectivity index (χ3n) is 1.81. The van der Waals surface area contributed by atoms with E-state index in [2.05, 4.69) is 20.1 Å². The van der Waals surface area contributed by atoms with Gasteiger partial charge in [0.05, 0.1) is 17.4 Å². The molecule has 84 valence electrons. The number of nitrogens with one attached hydrogen (secondary N) is 1. The van der Waals surface area contributed by atoms with Gasteiger partial charge in [0.2, 0.25) is 0 Å². The minimum absolute atomic E-state index is 0.203. The quantitative estimate of drug-likeness (QED) is 0.437. The molecule has 0 unspecified atom stereocenters. The first kappa shape index (κ1) is 10.4. The Labute approximate surface area is 93.2 Å². The summed E-state index contributed by atoms with van der Waals surface area (Å²) in [6, 6.07) is 1.31. The van der Waals surface area contributed by atoms with Crippen molar-refractivity contribution in [1.29, 1.82) is 0 Å². The van der Waals surface area contributed by atoms with Crippen molar-refractivity contribution in [2.24, 2.45) is 5.84 Å². The van der Waals surface area contributed by atoms with Crippen molar-refractivity contribution in [3.63, 3.8) is 0 Å². The highest BCUT2D eigenvalue weighted by atomic mass is 32.1. The zero-order chi connectivity index (χ0) is 11.5. The Morgan fingerprint density at radius 1 is 1.69 bits per heavy atom. The molecule has 3 N–H and O–H groups in total. The maximum absolute atomic E-state index is 10.4. The number of hydrazine groups is 1. The topological polar surface area (TPSA) is 125 Å². The number of anilines is 1. The lowest BCUT2D eigenvalue weighted by molar-refractivity contribution is -0.389. The van der Waals surface area contributed by atoms with Gasteiger partial charge in [-0.1, -0.05) is 4.49 Å². The SMILES string of the molecule is NNc1snnc1Cn1ccc([N+](=O)[O-])n1. The number of nitrogens with zero attached hydrogens (tertiary/aromatic N) is 5. The fourth-order valence-electron chi connectivity index (χ4n) is 1.11. The van der Waals surface area contributed by atoms with Crippen molar-refractivity contribution in [2.45, 2.75) is 6.54 Å². The third kappa shape index (κ3) is 1.97. The van der Waals surface area contributed by atoms with E-state index in [1.54, 1.807) is 0 Å². The normalized spacial score (nSPS) is 10.3. The number of hydrogen-bond donors (Lipinski definition) is 2. The molecule has 2 heterocycles. The Kier molecular flexibility index (Phi) is 2.74. The van der Waals surface area contributed by atoms with Gasteiger partial charge in [-0.2, -0.15) is 4.68 Å². The van der Waals surface area contributed by atoms with Gasteiger partial charge in [-0.3, -0.25) is 0 Å². The molecule has 9 nitrogen and oxygen atoms in total. The summed E-state index contributed by atoms with van der Waals surface area (Å²) in [7, 11) is 0. The average Bonchev–Trinajstić information content (AvgIpc) is 2.87. The van der Waals surface area contributed by atoms with Crippen LogP contribution in [0.1, 0.15) is 5.69 Å². The van der Waals surface area contributed by atoms with Gasteiger partial charge in [0, 0.05) is 11.5 Å². The molecule has 2 rings (SSSR count). The van der Waals surface area contributed by atoms with Gasteiger partial charge in [-0.05, 0) is 4.92 Å². The van der Waals surface area contributed by atoms with Gasteiger partial charge < -0.3 is 15.5 Å². The minimum atomic E-state index is -0.558. The summed E-state index contributed by atoms with van der Waals surface area (Å²) in [5.41, 5.74) is 3.03. The van der Waals surface area contributed by atoms with Crippen LogP contribution >= 0.6 is 11.5 Å². The highest BCUT2D eigenvalue weighted by molar-refractivity contribution is 7.10. The van der Waals surface area contributed by atoms with Crippen molar-refractivity contribution >= 4 is 22.4 Å². The summed E-state index contributed by atoms with van der Waals surface area (Å²) in [6.07, 6.45) is 1.50. The number of nitro groups is 1. The van der Waals surface area contributed by atoms with Crippen LogP contribution in [0, 0.1) is 10.1 Å². The molecule has 0 amide bonds. The van der Waals surface area contributed by atoms with Gasteiger partial charge in [0.15, 0.2) is 0 Å². The lowest BCUT2D eigenvalue weighted by atomic mass is 10.4. The molecule has 0 aliphatic carbocycles. The molecule has 0 spiro atoms. The first-order chi connectivity index (χ1) is 7.70. The molecule has 0 atom stereocenters. The van der Waals surface area contributed by atoms with Crippen LogP contribution in [0.3, 0.4) is 0 Å². The smallest absolute Gasteiger partial charge is 0.358 e. The standard InChI is InChI=1S/C6H7N7O2S/c7-8-6-4(9-11-16-6)3-12-2-1-5(10-12)13(14)15/h1-2,8H,3,7H2. The van der Waals surface area contributed by atoms with Crippen LogP contribution in [0.4, 0.5) is 10.8 Å². The van der Waals surface area contributed by atoms with Crippen molar-refractivity contribution in [1.82, 2.24) is 19.4 Å². The van der Waals surface area contributed by atoms with E-state index >= 15 is 0 Å². The molecule has 0 aromatic carbocycles.